The molecule has 3 N–H and O–H groups in total. The fourth-order valence-electron chi connectivity index (χ4n) is 2.35. The Bertz CT molecular complexity index is 881. The van der Waals surface area contributed by atoms with Crippen molar-refractivity contribution in [2.45, 2.75) is 13.0 Å². The van der Waals surface area contributed by atoms with Gasteiger partial charge in [0.1, 0.15) is 11.6 Å². The number of nitrogens with two attached hydrogens (primary N) is 1. The zero-order valence-electron chi connectivity index (χ0n) is 11.9. The van der Waals surface area contributed by atoms with Crippen molar-refractivity contribution in [3.63, 3.8) is 0 Å². The number of nitrogens with one attached hydrogen (secondary N) is 1. The molecule has 0 fully saturated rings. The van der Waals surface area contributed by atoms with Crippen LogP contribution >= 0.6 is 0 Å². The van der Waals surface area contributed by atoms with E-state index < -0.39 is 11.8 Å². The molecule has 6 heteroatoms. The van der Waals surface area contributed by atoms with Crippen LogP contribution in [0.4, 0.5) is 11.4 Å². The number of nitrogen functional groups attached to an aromatic ring is 1. The highest BCUT2D eigenvalue weighted by atomic mass is 16.4. The molecule has 0 saturated carbocycles. The number of fused-ring (bicyclic) bond motifs is 1. The van der Waals surface area contributed by atoms with Crippen molar-refractivity contribution in [3.8, 4) is 0 Å². The monoisotopic (exact) mass is 297 g/mol. The van der Waals surface area contributed by atoms with Gasteiger partial charge in [0.2, 0.25) is 5.91 Å². The van der Waals surface area contributed by atoms with E-state index in [1.54, 1.807) is 37.3 Å². The van der Waals surface area contributed by atoms with E-state index >= 15 is 0 Å². The molecule has 1 unspecified atom stereocenters. The molecule has 0 aliphatic carbocycles. The number of aromatic nitrogens is 1. The van der Waals surface area contributed by atoms with Crippen molar-refractivity contribution in [2.24, 2.45) is 0 Å². The maximum absolute atomic E-state index is 12.4. The Hall–Kier alpha value is -3.02. The average Bonchev–Trinajstić information content (AvgIpc) is 2.85. The summed E-state index contributed by atoms with van der Waals surface area (Å²) in [6, 6.07) is 13.3. The van der Waals surface area contributed by atoms with E-state index in [1.165, 1.54) is 4.57 Å². The van der Waals surface area contributed by atoms with Crippen LogP contribution in [0.15, 0.2) is 57.7 Å². The maximum Gasteiger partial charge on any atom is 0.420 e. The van der Waals surface area contributed by atoms with Crippen molar-refractivity contribution in [1.29, 1.82) is 0 Å². The van der Waals surface area contributed by atoms with Crippen LogP contribution in [0.5, 0.6) is 0 Å². The van der Waals surface area contributed by atoms with Crippen molar-refractivity contribution in [3.05, 3.63) is 59.1 Å². The Morgan fingerprint density at radius 1 is 1.18 bits per heavy atom. The van der Waals surface area contributed by atoms with Gasteiger partial charge < -0.3 is 15.5 Å². The number of carbonyl (C=O) groups excluding carboxylic acids is 1. The molecule has 2 aromatic carbocycles. The zero-order chi connectivity index (χ0) is 15.7. The van der Waals surface area contributed by atoms with E-state index in [9.17, 15) is 9.59 Å². The van der Waals surface area contributed by atoms with E-state index in [4.69, 9.17) is 10.2 Å². The number of amides is 1. The summed E-state index contributed by atoms with van der Waals surface area (Å²) in [7, 11) is 0. The van der Waals surface area contributed by atoms with Crippen LogP contribution in [0.3, 0.4) is 0 Å². The van der Waals surface area contributed by atoms with Crippen LogP contribution in [0, 0.1) is 0 Å². The highest BCUT2D eigenvalue weighted by molar-refractivity contribution is 5.95. The summed E-state index contributed by atoms with van der Waals surface area (Å²) in [4.78, 5) is 24.4. The van der Waals surface area contributed by atoms with Gasteiger partial charge in [-0.15, -0.1) is 0 Å². The Kier molecular flexibility index (Phi) is 3.42. The Labute approximate surface area is 126 Å². The molecule has 0 aliphatic heterocycles. The third kappa shape index (κ3) is 2.35. The van der Waals surface area contributed by atoms with Crippen LogP contribution in [0.25, 0.3) is 11.1 Å². The van der Waals surface area contributed by atoms with Crippen molar-refractivity contribution in [1.82, 2.24) is 4.57 Å². The average molecular weight is 297 g/mol. The van der Waals surface area contributed by atoms with Gasteiger partial charge in [-0.2, -0.15) is 0 Å². The van der Waals surface area contributed by atoms with Crippen LogP contribution in [-0.2, 0) is 4.79 Å². The molecule has 112 valence electrons. The van der Waals surface area contributed by atoms with Gasteiger partial charge in [0.25, 0.3) is 0 Å². The van der Waals surface area contributed by atoms with Crippen molar-refractivity contribution in [2.75, 3.05) is 11.1 Å². The molecule has 3 aromatic rings. The molecule has 0 spiro atoms. The number of para-hydroxylation sites is 2. The lowest BCUT2D eigenvalue weighted by atomic mass is 10.2. The van der Waals surface area contributed by atoms with E-state index in [0.717, 1.165) is 0 Å². The summed E-state index contributed by atoms with van der Waals surface area (Å²) in [6.45, 7) is 1.63. The van der Waals surface area contributed by atoms with Crippen molar-refractivity contribution >= 4 is 28.4 Å². The molecule has 0 radical (unpaired) electrons. The highest BCUT2D eigenvalue weighted by Gasteiger charge is 2.22. The molecule has 0 bridgehead atoms. The number of hydrogen-bond donors (Lipinski definition) is 2. The number of rotatable bonds is 3. The number of benzene rings is 2. The van der Waals surface area contributed by atoms with E-state index in [-0.39, 0.29) is 5.91 Å². The Balaban J connectivity index is 1.99. The highest BCUT2D eigenvalue weighted by Crippen LogP contribution is 2.23. The molecular formula is C16H15N3O3. The number of nitrogens with zero attached hydrogens (tertiary/aromatic N) is 1. The van der Waals surface area contributed by atoms with Gasteiger partial charge in [-0.1, -0.05) is 24.3 Å². The molecule has 1 heterocycles. The minimum Gasteiger partial charge on any atom is -0.408 e. The van der Waals surface area contributed by atoms with Gasteiger partial charge in [0, 0.05) is 5.69 Å². The topological polar surface area (TPSA) is 90.3 Å². The second kappa shape index (κ2) is 5.40. The van der Waals surface area contributed by atoms with Crippen LogP contribution < -0.4 is 16.8 Å². The van der Waals surface area contributed by atoms with E-state index in [2.05, 4.69) is 5.32 Å². The SMILES string of the molecule is CC(C(=O)Nc1ccccc1)n1c(=O)oc2cccc(N)c21. The van der Waals surface area contributed by atoms with E-state index in [0.29, 0.717) is 22.5 Å². The van der Waals surface area contributed by atoms with Gasteiger partial charge in [-0.3, -0.25) is 9.36 Å². The summed E-state index contributed by atoms with van der Waals surface area (Å²) in [5.41, 5.74) is 7.76. The fraction of sp³-hybridized carbons (Fsp3) is 0.125. The van der Waals surface area contributed by atoms with Gasteiger partial charge in [-0.05, 0) is 31.2 Å². The summed E-state index contributed by atoms with van der Waals surface area (Å²) >= 11 is 0. The first-order valence-corrected chi connectivity index (χ1v) is 6.83. The van der Waals surface area contributed by atoms with Gasteiger partial charge in [-0.25, -0.2) is 4.79 Å². The minimum atomic E-state index is -0.751. The summed E-state index contributed by atoms with van der Waals surface area (Å²) in [6.07, 6.45) is 0. The number of anilines is 2. The first kappa shape index (κ1) is 13.9. The van der Waals surface area contributed by atoms with Crippen LogP contribution in [0.1, 0.15) is 13.0 Å². The smallest absolute Gasteiger partial charge is 0.408 e. The molecule has 1 atom stereocenters. The molecule has 0 aliphatic rings. The quantitative estimate of drug-likeness (QED) is 0.726. The first-order chi connectivity index (χ1) is 10.6. The molecule has 22 heavy (non-hydrogen) atoms. The molecule has 3 rings (SSSR count). The second-order valence-corrected chi connectivity index (χ2v) is 4.96. The summed E-state index contributed by atoms with van der Waals surface area (Å²) < 4.78 is 6.42. The molecule has 6 nitrogen and oxygen atoms in total. The van der Waals surface area contributed by atoms with Gasteiger partial charge in [0.05, 0.1) is 5.69 Å². The number of oxazole rings is 1. The second-order valence-electron chi connectivity index (χ2n) is 4.96. The third-order valence-corrected chi connectivity index (χ3v) is 3.47. The summed E-state index contributed by atoms with van der Waals surface area (Å²) in [5.74, 6) is -0.928. The Morgan fingerprint density at radius 3 is 2.64 bits per heavy atom. The van der Waals surface area contributed by atoms with Crippen LogP contribution in [-0.4, -0.2) is 10.5 Å². The lowest BCUT2D eigenvalue weighted by Crippen LogP contribution is -2.29. The minimum absolute atomic E-state index is 0.320. The lowest BCUT2D eigenvalue weighted by molar-refractivity contribution is -0.118. The lowest BCUT2D eigenvalue weighted by Gasteiger charge is -2.13. The normalized spacial score (nSPS) is 12.2. The third-order valence-electron chi connectivity index (χ3n) is 3.47. The standard InChI is InChI=1S/C16H15N3O3/c1-10(15(20)18-11-6-3-2-4-7-11)19-14-12(17)8-5-9-13(14)22-16(19)21/h2-10H,17H2,1H3,(H,18,20). The largest absolute Gasteiger partial charge is 0.420 e. The predicted octanol–water partition coefficient (Wildman–Crippen LogP) is 2.38. The van der Waals surface area contributed by atoms with Crippen LogP contribution in [0.2, 0.25) is 0 Å². The fourth-order valence-corrected chi connectivity index (χ4v) is 2.35. The number of carbonyl (C=O) groups is 1. The number of hydrogen-bond acceptors (Lipinski definition) is 4. The molecule has 1 amide bonds. The zero-order valence-corrected chi connectivity index (χ0v) is 11.9. The maximum atomic E-state index is 12.4. The van der Waals surface area contributed by atoms with Gasteiger partial charge in [0.15, 0.2) is 5.58 Å². The molecule has 0 saturated heterocycles. The summed E-state index contributed by atoms with van der Waals surface area (Å²) in [5, 5.41) is 2.76. The van der Waals surface area contributed by atoms with E-state index in [1.807, 2.05) is 18.2 Å². The van der Waals surface area contributed by atoms with Gasteiger partial charge >= 0.3 is 5.76 Å². The van der Waals surface area contributed by atoms with Crippen molar-refractivity contribution < 1.29 is 9.21 Å². The predicted molar refractivity (Wildman–Crippen MR) is 84.7 cm³/mol. The first-order valence-electron chi connectivity index (χ1n) is 6.83. The Morgan fingerprint density at radius 2 is 1.91 bits per heavy atom. The molecular weight excluding hydrogens is 282 g/mol. The molecule has 1 aromatic heterocycles.